The third-order valence-corrected chi connectivity index (χ3v) is 5.92. The lowest BCUT2D eigenvalue weighted by Gasteiger charge is -2.09. The largest absolute Gasteiger partial charge is 0.144 e. The number of rotatable bonds is 4. The van der Waals surface area contributed by atoms with E-state index in [0.717, 1.165) is 6.42 Å². The molecule has 0 aliphatic carbocycles. The van der Waals surface area contributed by atoms with Gasteiger partial charge in [-0.1, -0.05) is 70.5 Å². The van der Waals surface area contributed by atoms with Crippen molar-refractivity contribution >= 4 is 27.3 Å². The van der Waals surface area contributed by atoms with Crippen LogP contribution < -0.4 is 0 Å². The Labute approximate surface area is 138 Å². The standard InChI is InChI=1S/C19H17BrS/c1-14-7-12-18(21-14)19(20)17-10-8-16(9-11-17)13-15-5-3-2-4-6-15/h2-12,19H,13H2,1H3. The molecule has 3 aromatic rings. The molecule has 0 nitrogen and oxygen atoms in total. The summed E-state index contributed by atoms with van der Waals surface area (Å²) in [4.78, 5) is 3.01. The predicted molar refractivity (Wildman–Crippen MR) is 95.5 cm³/mol. The summed E-state index contributed by atoms with van der Waals surface area (Å²) < 4.78 is 0. The molecule has 0 N–H and O–H groups in total. The topological polar surface area (TPSA) is 0 Å². The molecule has 1 unspecified atom stereocenters. The summed E-state index contributed by atoms with van der Waals surface area (Å²) in [5, 5.41) is 0. The molecule has 0 saturated heterocycles. The molecule has 2 heteroatoms. The highest BCUT2D eigenvalue weighted by Crippen LogP contribution is 2.35. The van der Waals surface area contributed by atoms with Gasteiger partial charge in [0.05, 0.1) is 4.83 Å². The minimum Gasteiger partial charge on any atom is -0.144 e. The molecule has 106 valence electrons. The summed E-state index contributed by atoms with van der Waals surface area (Å²) >= 11 is 5.66. The molecule has 0 bridgehead atoms. The van der Waals surface area contributed by atoms with Crippen molar-refractivity contribution in [2.45, 2.75) is 18.2 Å². The Balaban J connectivity index is 1.75. The van der Waals surface area contributed by atoms with Crippen molar-refractivity contribution in [3.05, 3.63) is 93.2 Å². The SMILES string of the molecule is Cc1ccc(C(Br)c2ccc(Cc3ccccc3)cc2)s1. The smallest absolute Gasteiger partial charge is 0.0738 e. The van der Waals surface area contributed by atoms with E-state index in [-0.39, 0.29) is 0 Å². The molecule has 0 saturated carbocycles. The first-order valence-electron chi connectivity index (χ1n) is 7.05. The van der Waals surface area contributed by atoms with Crippen molar-refractivity contribution in [2.75, 3.05) is 0 Å². The molecular weight excluding hydrogens is 340 g/mol. The maximum atomic E-state index is 3.81. The zero-order valence-corrected chi connectivity index (χ0v) is 14.3. The quantitative estimate of drug-likeness (QED) is 0.493. The minimum absolute atomic E-state index is 0.293. The van der Waals surface area contributed by atoms with E-state index in [1.807, 2.05) is 11.3 Å². The van der Waals surface area contributed by atoms with Crippen LogP contribution in [0.2, 0.25) is 0 Å². The normalized spacial score (nSPS) is 12.3. The fourth-order valence-electron chi connectivity index (χ4n) is 2.39. The summed E-state index contributed by atoms with van der Waals surface area (Å²) in [5.41, 5.74) is 4.02. The molecule has 0 fully saturated rings. The van der Waals surface area contributed by atoms with Gasteiger partial charge in [0.15, 0.2) is 0 Å². The molecule has 3 rings (SSSR count). The van der Waals surface area contributed by atoms with E-state index < -0.39 is 0 Å². The van der Waals surface area contributed by atoms with Gasteiger partial charge in [0.25, 0.3) is 0 Å². The first kappa shape index (κ1) is 14.6. The predicted octanol–water partition coefficient (Wildman–Crippen LogP) is 6.13. The average molecular weight is 357 g/mol. The first-order valence-corrected chi connectivity index (χ1v) is 8.79. The van der Waals surface area contributed by atoms with Crippen LogP contribution in [0, 0.1) is 6.92 Å². The molecular formula is C19H17BrS. The van der Waals surface area contributed by atoms with E-state index in [2.05, 4.69) is 89.6 Å². The average Bonchev–Trinajstić information content (AvgIpc) is 2.95. The van der Waals surface area contributed by atoms with Crippen molar-refractivity contribution in [2.24, 2.45) is 0 Å². The molecule has 0 aliphatic rings. The van der Waals surface area contributed by atoms with Gasteiger partial charge in [0.1, 0.15) is 0 Å². The van der Waals surface area contributed by atoms with Gasteiger partial charge < -0.3 is 0 Å². The molecule has 1 heterocycles. The van der Waals surface area contributed by atoms with Crippen LogP contribution in [0.15, 0.2) is 66.7 Å². The van der Waals surface area contributed by atoms with Gasteiger partial charge in [-0.25, -0.2) is 0 Å². The third kappa shape index (κ3) is 3.63. The van der Waals surface area contributed by atoms with Gasteiger partial charge >= 0.3 is 0 Å². The second kappa shape index (κ2) is 6.59. The lowest BCUT2D eigenvalue weighted by Crippen LogP contribution is -1.92. The van der Waals surface area contributed by atoms with E-state index in [4.69, 9.17) is 0 Å². The number of hydrogen-bond acceptors (Lipinski definition) is 1. The summed E-state index contributed by atoms with van der Waals surface area (Å²) in [6.07, 6.45) is 0.992. The zero-order valence-electron chi connectivity index (χ0n) is 11.9. The molecule has 0 aliphatic heterocycles. The molecule has 21 heavy (non-hydrogen) atoms. The Morgan fingerprint density at radius 2 is 1.52 bits per heavy atom. The summed E-state index contributed by atoms with van der Waals surface area (Å²) in [6.45, 7) is 2.15. The Kier molecular flexibility index (Phi) is 4.57. The first-order chi connectivity index (χ1) is 10.2. The van der Waals surface area contributed by atoms with Gasteiger partial charge in [0.2, 0.25) is 0 Å². The number of aryl methyl sites for hydroxylation is 1. The molecule has 1 aromatic heterocycles. The van der Waals surface area contributed by atoms with E-state index >= 15 is 0 Å². The Hall–Kier alpha value is -1.38. The van der Waals surface area contributed by atoms with Crippen molar-refractivity contribution in [3.63, 3.8) is 0 Å². The number of halogens is 1. The van der Waals surface area contributed by atoms with Gasteiger partial charge in [-0.15, -0.1) is 11.3 Å². The van der Waals surface area contributed by atoms with Crippen LogP contribution in [-0.2, 0) is 6.42 Å². The fraction of sp³-hybridized carbons (Fsp3) is 0.158. The number of hydrogen-bond donors (Lipinski definition) is 0. The van der Waals surface area contributed by atoms with Crippen molar-refractivity contribution in [1.82, 2.24) is 0 Å². The molecule has 0 amide bonds. The van der Waals surface area contributed by atoms with Crippen molar-refractivity contribution < 1.29 is 0 Å². The van der Waals surface area contributed by atoms with Gasteiger partial charge in [-0.3, -0.25) is 0 Å². The maximum absolute atomic E-state index is 3.81. The van der Waals surface area contributed by atoms with Gasteiger partial charge in [-0.05, 0) is 42.2 Å². The van der Waals surface area contributed by atoms with Crippen LogP contribution in [0.5, 0.6) is 0 Å². The summed E-state index contributed by atoms with van der Waals surface area (Å²) in [7, 11) is 0. The summed E-state index contributed by atoms with van der Waals surface area (Å²) in [5.74, 6) is 0. The second-order valence-electron chi connectivity index (χ2n) is 5.21. The van der Waals surface area contributed by atoms with Crippen LogP contribution >= 0.6 is 27.3 Å². The van der Waals surface area contributed by atoms with Crippen molar-refractivity contribution in [3.8, 4) is 0 Å². The van der Waals surface area contributed by atoms with E-state index in [9.17, 15) is 0 Å². The van der Waals surface area contributed by atoms with E-state index in [1.54, 1.807) is 0 Å². The minimum atomic E-state index is 0.293. The van der Waals surface area contributed by atoms with Crippen LogP contribution in [0.1, 0.15) is 31.3 Å². The fourth-order valence-corrected chi connectivity index (χ4v) is 4.01. The zero-order chi connectivity index (χ0) is 14.7. The number of thiophene rings is 1. The monoisotopic (exact) mass is 356 g/mol. The van der Waals surface area contributed by atoms with Crippen LogP contribution in [0.4, 0.5) is 0 Å². The molecule has 1 atom stereocenters. The third-order valence-electron chi connectivity index (χ3n) is 3.53. The van der Waals surface area contributed by atoms with Crippen LogP contribution in [0.3, 0.4) is 0 Å². The lowest BCUT2D eigenvalue weighted by atomic mass is 10.0. The number of alkyl halides is 1. The highest BCUT2D eigenvalue weighted by molar-refractivity contribution is 9.09. The molecule has 2 aromatic carbocycles. The van der Waals surface area contributed by atoms with E-state index in [1.165, 1.54) is 26.4 Å². The van der Waals surface area contributed by atoms with Crippen LogP contribution in [-0.4, -0.2) is 0 Å². The van der Waals surface area contributed by atoms with Gasteiger partial charge in [0, 0.05) is 9.75 Å². The second-order valence-corrected chi connectivity index (χ2v) is 7.45. The lowest BCUT2D eigenvalue weighted by molar-refractivity contribution is 1.16. The van der Waals surface area contributed by atoms with Gasteiger partial charge in [-0.2, -0.15) is 0 Å². The summed E-state index contributed by atoms with van der Waals surface area (Å²) in [6, 6.07) is 23.9. The number of benzene rings is 2. The Morgan fingerprint density at radius 1 is 0.857 bits per heavy atom. The van der Waals surface area contributed by atoms with Crippen molar-refractivity contribution in [1.29, 1.82) is 0 Å². The Morgan fingerprint density at radius 3 is 2.14 bits per heavy atom. The van der Waals surface area contributed by atoms with Crippen LogP contribution in [0.25, 0.3) is 0 Å². The highest BCUT2D eigenvalue weighted by atomic mass is 79.9. The molecule has 0 radical (unpaired) electrons. The van der Waals surface area contributed by atoms with E-state index in [0.29, 0.717) is 4.83 Å². The molecule has 0 spiro atoms. The maximum Gasteiger partial charge on any atom is 0.0738 e. The highest BCUT2D eigenvalue weighted by Gasteiger charge is 2.12. The Bertz CT molecular complexity index is 698.